The molecule has 1 aromatic rings. The summed E-state index contributed by atoms with van der Waals surface area (Å²) in [6.45, 7) is 4.34. The van der Waals surface area contributed by atoms with Gasteiger partial charge in [-0.25, -0.2) is 13.4 Å². The van der Waals surface area contributed by atoms with Crippen molar-refractivity contribution in [3.63, 3.8) is 0 Å². The maximum Gasteiger partial charge on any atom is 0.244 e. The number of piperidine rings is 1. The van der Waals surface area contributed by atoms with E-state index in [0.29, 0.717) is 36.6 Å². The van der Waals surface area contributed by atoms with E-state index in [-0.39, 0.29) is 16.9 Å². The van der Waals surface area contributed by atoms with Gasteiger partial charge >= 0.3 is 0 Å². The van der Waals surface area contributed by atoms with Crippen molar-refractivity contribution < 1.29 is 13.5 Å². The van der Waals surface area contributed by atoms with Crippen molar-refractivity contribution in [3.05, 3.63) is 23.0 Å². The molecule has 0 aromatic carbocycles. The van der Waals surface area contributed by atoms with Gasteiger partial charge in [0.2, 0.25) is 10.0 Å². The van der Waals surface area contributed by atoms with Gasteiger partial charge in [0.25, 0.3) is 0 Å². The van der Waals surface area contributed by atoms with E-state index in [2.05, 4.69) is 4.98 Å². The van der Waals surface area contributed by atoms with E-state index < -0.39 is 10.0 Å². The first-order valence-corrected chi connectivity index (χ1v) is 8.44. The van der Waals surface area contributed by atoms with Crippen LogP contribution in [0.4, 0.5) is 0 Å². The van der Waals surface area contributed by atoms with Gasteiger partial charge in [0, 0.05) is 19.3 Å². The molecule has 0 spiro atoms. The first-order valence-electron chi connectivity index (χ1n) is 6.62. The summed E-state index contributed by atoms with van der Waals surface area (Å²) in [4.78, 5) is 4.08. The minimum Gasteiger partial charge on any atom is -0.393 e. The number of aromatic nitrogens is 1. The predicted molar refractivity (Wildman–Crippen MR) is 77.1 cm³/mol. The van der Waals surface area contributed by atoms with E-state index in [1.807, 2.05) is 0 Å². The number of hydrogen-bond donors (Lipinski definition) is 1. The largest absolute Gasteiger partial charge is 0.393 e. The molecule has 1 aromatic heterocycles. The number of aliphatic hydroxyl groups is 1. The first kappa shape index (κ1) is 15.7. The Morgan fingerprint density at radius 1 is 1.45 bits per heavy atom. The summed E-state index contributed by atoms with van der Waals surface area (Å²) < 4.78 is 26.5. The Kier molecular flexibility index (Phi) is 4.69. The van der Waals surface area contributed by atoms with Crippen LogP contribution in [-0.2, 0) is 10.0 Å². The van der Waals surface area contributed by atoms with Crippen molar-refractivity contribution in [2.24, 2.45) is 5.92 Å². The molecule has 5 nitrogen and oxygen atoms in total. The molecule has 1 N–H and O–H groups in total. The highest BCUT2D eigenvalue weighted by Crippen LogP contribution is 2.26. The maximum absolute atomic E-state index is 12.5. The van der Waals surface area contributed by atoms with E-state index >= 15 is 0 Å². The van der Waals surface area contributed by atoms with Gasteiger partial charge in [-0.3, -0.25) is 0 Å². The number of pyridine rings is 1. The molecule has 2 heterocycles. The van der Waals surface area contributed by atoms with Crippen LogP contribution in [0.5, 0.6) is 0 Å². The van der Waals surface area contributed by atoms with Gasteiger partial charge in [0.05, 0.1) is 6.10 Å². The van der Waals surface area contributed by atoms with Gasteiger partial charge in [-0.15, -0.1) is 0 Å². The molecule has 0 bridgehead atoms. The lowest BCUT2D eigenvalue weighted by molar-refractivity contribution is 0.0912. The third-order valence-corrected chi connectivity index (χ3v) is 6.07. The monoisotopic (exact) mass is 318 g/mol. The summed E-state index contributed by atoms with van der Waals surface area (Å²) in [5, 5.41) is 9.87. The van der Waals surface area contributed by atoms with Crippen molar-refractivity contribution in [2.75, 3.05) is 13.1 Å². The minimum absolute atomic E-state index is 0.173. The van der Waals surface area contributed by atoms with Crippen LogP contribution in [0.1, 0.15) is 25.3 Å². The lowest BCUT2D eigenvalue weighted by Gasteiger charge is -2.32. The van der Waals surface area contributed by atoms with E-state index in [4.69, 9.17) is 11.6 Å². The van der Waals surface area contributed by atoms with E-state index in [1.165, 1.54) is 10.5 Å². The van der Waals surface area contributed by atoms with Gasteiger partial charge in [-0.2, -0.15) is 4.31 Å². The van der Waals surface area contributed by atoms with Crippen LogP contribution in [0, 0.1) is 12.8 Å². The molecule has 0 amide bonds. The van der Waals surface area contributed by atoms with Crippen LogP contribution < -0.4 is 0 Å². The van der Waals surface area contributed by atoms with Crippen molar-refractivity contribution in [1.82, 2.24) is 9.29 Å². The fourth-order valence-electron chi connectivity index (χ4n) is 2.42. The highest BCUT2D eigenvalue weighted by molar-refractivity contribution is 7.89. The number of hydrogen-bond acceptors (Lipinski definition) is 4. The fraction of sp³-hybridized carbons (Fsp3) is 0.615. The molecule has 0 radical (unpaired) electrons. The Balaban J connectivity index is 2.17. The molecule has 7 heteroatoms. The molecule has 1 unspecified atom stereocenters. The summed E-state index contributed by atoms with van der Waals surface area (Å²) in [6, 6.07) is 1.55. The minimum atomic E-state index is -3.52. The van der Waals surface area contributed by atoms with Gasteiger partial charge in [0.15, 0.2) is 0 Å². The standard InChI is InChI=1S/C13H19ClN2O3S/c1-9-7-12(8-15-13(9)14)20(18,19)16-5-3-11(4-6-16)10(2)17/h7-8,10-11,17H,3-6H2,1-2H3. The molecule has 1 saturated heterocycles. The number of rotatable bonds is 3. The van der Waals surface area contributed by atoms with Gasteiger partial charge < -0.3 is 5.11 Å². The molecule has 1 fully saturated rings. The Morgan fingerprint density at radius 3 is 2.55 bits per heavy atom. The second-order valence-corrected chi connectivity index (χ2v) is 7.56. The SMILES string of the molecule is Cc1cc(S(=O)(=O)N2CCC(C(C)O)CC2)cnc1Cl. The zero-order valence-corrected chi connectivity index (χ0v) is 13.2. The third-order valence-electron chi connectivity index (χ3n) is 3.81. The zero-order chi connectivity index (χ0) is 14.9. The summed E-state index contributed by atoms with van der Waals surface area (Å²) in [5.41, 5.74) is 0.645. The van der Waals surface area contributed by atoms with Gasteiger partial charge in [-0.1, -0.05) is 11.6 Å². The van der Waals surface area contributed by atoms with E-state index in [9.17, 15) is 13.5 Å². The van der Waals surface area contributed by atoms with Gasteiger partial charge in [-0.05, 0) is 44.2 Å². The molecule has 1 aliphatic heterocycles. The van der Waals surface area contributed by atoms with E-state index in [0.717, 1.165) is 0 Å². The number of nitrogens with zero attached hydrogens (tertiary/aromatic N) is 2. The number of aryl methyl sites for hydroxylation is 1. The molecular formula is C13H19ClN2O3S. The highest BCUT2D eigenvalue weighted by Gasteiger charge is 2.31. The average Bonchev–Trinajstić information content (AvgIpc) is 2.41. The highest BCUT2D eigenvalue weighted by atomic mass is 35.5. The Morgan fingerprint density at radius 2 is 2.05 bits per heavy atom. The fourth-order valence-corrected chi connectivity index (χ4v) is 4.03. The topological polar surface area (TPSA) is 70.5 Å². The molecule has 1 atom stereocenters. The molecular weight excluding hydrogens is 300 g/mol. The lowest BCUT2D eigenvalue weighted by Crippen LogP contribution is -2.40. The van der Waals surface area contributed by atoms with Crippen molar-refractivity contribution in [2.45, 2.75) is 37.7 Å². The van der Waals surface area contributed by atoms with Crippen LogP contribution in [0.15, 0.2) is 17.2 Å². The molecule has 112 valence electrons. The Bertz CT molecular complexity index is 581. The van der Waals surface area contributed by atoms with Crippen molar-refractivity contribution >= 4 is 21.6 Å². The first-order chi connectivity index (χ1) is 9.32. The normalized spacial score (nSPS) is 20.0. The number of halogens is 1. The second-order valence-electron chi connectivity index (χ2n) is 5.26. The average molecular weight is 319 g/mol. The summed E-state index contributed by atoms with van der Waals surface area (Å²) >= 11 is 5.82. The third kappa shape index (κ3) is 3.14. The summed E-state index contributed by atoms with van der Waals surface area (Å²) in [5.74, 6) is 0.173. The van der Waals surface area contributed by atoms with Crippen LogP contribution in [0.25, 0.3) is 0 Å². The van der Waals surface area contributed by atoms with Crippen LogP contribution >= 0.6 is 11.6 Å². The molecule has 0 saturated carbocycles. The van der Waals surface area contributed by atoms with E-state index in [1.54, 1.807) is 19.9 Å². The molecule has 20 heavy (non-hydrogen) atoms. The van der Waals surface area contributed by atoms with Crippen LogP contribution in [0.3, 0.4) is 0 Å². The van der Waals surface area contributed by atoms with Crippen LogP contribution in [-0.4, -0.2) is 42.0 Å². The predicted octanol–water partition coefficient (Wildman–Crippen LogP) is 1.82. The molecule has 0 aliphatic carbocycles. The lowest BCUT2D eigenvalue weighted by atomic mass is 9.93. The quantitative estimate of drug-likeness (QED) is 0.863. The maximum atomic E-state index is 12.5. The van der Waals surface area contributed by atoms with Crippen molar-refractivity contribution in [1.29, 1.82) is 0 Å². The van der Waals surface area contributed by atoms with Gasteiger partial charge in [0.1, 0.15) is 10.0 Å². The summed E-state index contributed by atoms with van der Waals surface area (Å²) in [6.07, 6.45) is 2.26. The Labute approximate surface area is 124 Å². The Hall–Kier alpha value is -0.690. The van der Waals surface area contributed by atoms with Crippen LogP contribution in [0.2, 0.25) is 5.15 Å². The smallest absolute Gasteiger partial charge is 0.244 e. The second kappa shape index (κ2) is 5.97. The molecule has 2 rings (SSSR count). The summed E-state index contributed by atoms with van der Waals surface area (Å²) in [7, 11) is -3.52. The van der Waals surface area contributed by atoms with Crippen molar-refractivity contribution in [3.8, 4) is 0 Å². The zero-order valence-electron chi connectivity index (χ0n) is 11.6. The molecule has 1 aliphatic rings. The number of aliphatic hydroxyl groups excluding tert-OH is 1. The number of sulfonamides is 1.